The third-order valence-corrected chi connectivity index (χ3v) is 3.00. The maximum absolute atomic E-state index is 13.3. The van der Waals surface area contributed by atoms with Gasteiger partial charge in [-0.25, -0.2) is 4.39 Å². The second-order valence-corrected chi connectivity index (χ2v) is 4.27. The average molecular weight is 178 g/mol. The zero-order valence-corrected chi connectivity index (χ0v) is 8.13. The van der Waals surface area contributed by atoms with Crippen LogP contribution >= 0.6 is 0 Å². The first kappa shape index (κ1) is 8.74. The van der Waals surface area contributed by atoms with Gasteiger partial charge in [-0.15, -0.1) is 0 Å². The van der Waals surface area contributed by atoms with Crippen LogP contribution in [0.5, 0.6) is 0 Å². The Morgan fingerprint density at radius 1 is 1.31 bits per heavy atom. The van der Waals surface area contributed by atoms with Crippen molar-refractivity contribution in [1.82, 2.24) is 0 Å². The molecule has 0 radical (unpaired) electrons. The van der Waals surface area contributed by atoms with E-state index in [4.69, 9.17) is 0 Å². The summed E-state index contributed by atoms with van der Waals surface area (Å²) in [6.07, 6.45) is 1.17. The zero-order chi connectivity index (χ0) is 9.42. The Labute approximate surface area is 78.8 Å². The highest BCUT2D eigenvalue weighted by Crippen LogP contribution is 2.52. The van der Waals surface area contributed by atoms with Crippen molar-refractivity contribution in [3.8, 4) is 0 Å². The molecule has 70 valence electrons. The molecule has 1 aromatic rings. The summed E-state index contributed by atoms with van der Waals surface area (Å²) in [6.45, 7) is 4.43. The summed E-state index contributed by atoms with van der Waals surface area (Å²) >= 11 is 0. The number of rotatable bonds is 2. The summed E-state index contributed by atoms with van der Waals surface area (Å²) < 4.78 is 13.3. The molecular formula is C12H15F. The van der Waals surface area contributed by atoms with Crippen molar-refractivity contribution in [3.63, 3.8) is 0 Å². The summed E-state index contributed by atoms with van der Waals surface area (Å²) in [5.74, 6) is 1.85. The number of hydrogen-bond donors (Lipinski definition) is 0. The summed E-state index contributed by atoms with van der Waals surface area (Å²) in [6, 6.07) is 7.16. The molecular weight excluding hydrogens is 163 g/mol. The molecule has 2 atom stereocenters. The maximum Gasteiger partial charge on any atom is 0.126 e. The Morgan fingerprint density at radius 3 is 2.54 bits per heavy atom. The topological polar surface area (TPSA) is 0 Å². The van der Waals surface area contributed by atoms with Gasteiger partial charge in [0.15, 0.2) is 0 Å². The standard InChI is InChI=1S/C12H15F/c1-8(2)10-7-11(10)9-5-3-4-6-12(9)13/h3-6,8,10-11H,7H2,1-2H3/t10-,11-/m1/s1. The maximum atomic E-state index is 13.3. The van der Waals surface area contributed by atoms with Crippen LogP contribution in [0.1, 0.15) is 31.7 Å². The molecule has 0 aromatic heterocycles. The van der Waals surface area contributed by atoms with E-state index in [0.717, 1.165) is 5.56 Å². The molecule has 0 spiro atoms. The van der Waals surface area contributed by atoms with Crippen LogP contribution in [-0.4, -0.2) is 0 Å². The van der Waals surface area contributed by atoms with Crippen LogP contribution in [0.25, 0.3) is 0 Å². The molecule has 1 heteroatoms. The van der Waals surface area contributed by atoms with Crippen LogP contribution in [-0.2, 0) is 0 Å². The fourth-order valence-corrected chi connectivity index (χ4v) is 2.08. The quantitative estimate of drug-likeness (QED) is 0.649. The lowest BCUT2D eigenvalue weighted by atomic mass is 10.0. The molecule has 0 aliphatic heterocycles. The Kier molecular flexibility index (Phi) is 2.10. The lowest BCUT2D eigenvalue weighted by Gasteiger charge is -2.04. The van der Waals surface area contributed by atoms with E-state index in [1.165, 1.54) is 6.42 Å². The van der Waals surface area contributed by atoms with Gasteiger partial charge >= 0.3 is 0 Å². The van der Waals surface area contributed by atoms with Crippen LogP contribution in [0, 0.1) is 17.7 Å². The third-order valence-electron chi connectivity index (χ3n) is 3.00. The molecule has 1 aliphatic carbocycles. The lowest BCUT2D eigenvalue weighted by molar-refractivity contribution is 0.538. The zero-order valence-electron chi connectivity index (χ0n) is 8.13. The highest BCUT2D eigenvalue weighted by Gasteiger charge is 2.41. The summed E-state index contributed by atoms with van der Waals surface area (Å²) in [4.78, 5) is 0. The van der Waals surface area contributed by atoms with Crippen molar-refractivity contribution >= 4 is 0 Å². The van der Waals surface area contributed by atoms with Gasteiger partial charge < -0.3 is 0 Å². The molecule has 1 saturated carbocycles. The van der Waals surface area contributed by atoms with Crippen LogP contribution in [0.15, 0.2) is 24.3 Å². The normalized spacial score (nSPS) is 26.5. The summed E-state index contributed by atoms with van der Waals surface area (Å²) in [7, 11) is 0. The molecule has 13 heavy (non-hydrogen) atoms. The molecule has 0 heterocycles. The molecule has 2 rings (SSSR count). The molecule has 0 nitrogen and oxygen atoms in total. The van der Waals surface area contributed by atoms with E-state index >= 15 is 0 Å². The highest BCUT2D eigenvalue weighted by molar-refractivity contribution is 5.27. The van der Waals surface area contributed by atoms with E-state index in [0.29, 0.717) is 17.8 Å². The minimum absolute atomic E-state index is 0.0318. The lowest BCUT2D eigenvalue weighted by Crippen LogP contribution is -1.94. The van der Waals surface area contributed by atoms with Gasteiger partial charge in [-0.3, -0.25) is 0 Å². The third kappa shape index (κ3) is 1.60. The highest BCUT2D eigenvalue weighted by atomic mass is 19.1. The van der Waals surface area contributed by atoms with Gasteiger partial charge in [0.1, 0.15) is 5.82 Å². The van der Waals surface area contributed by atoms with E-state index in [2.05, 4.69) is 13.8 Å². The predicted molar refractivity (Wildman–Crippen MR) is 52.1 cm³/mol. The smallest absolute Gasteiger partial charge is 0.126 e. The Hall–Kier alpha value is -0.850. The minimum Gasteiger partial charge on any atom is -0.207 e. The van der Waals surface area contributed by atoms with Crippen LogP contribution < -0.4 is 0 Å². The van der Waals surface area contributed by atoms with E-state index in [9.17, 15) is 4.39 Å². The Balaban J connectivity index is 2.16. The predicted octanol–water partition coefficient (Wildman–Crippen LogP) is 3.59. The largest absolute Gasteiger partial charge is 0.207 e. The molecule has 0 amide bonds. The summed E-state index contributed by atoms with van der Waals surface area (Å²) in [5.41, 5.74) is 0.918. The molecule has 1 aromatic carbocycles. The van der Waals surface area contributed by atoms with Crippen molar-refractivity contribution in [2.45, 2.75) is 26.2 Å². The molecule has 0 N–H and O–H groups in total. The van der Waals surface area contributed by atoms with Gasteiger partial charge in [0.05, 0.1) is 0 Å². The molecule has 0 saturated heterocycles. The SMILES string of the molecule is CC(C)[C@H]1C[C@@H]1c1ccccc1F. The summed E-state index contributed by atoms with van der Waals surface area (Å²) in [5, 5.41) is 0. The van der Waals surface area contributed by atoms with E-state index in [1.54, 1.807) is 12.1 Å². The van der Waals surface area contributed by atoms with Crippen LogP contribution in [0.4, 0.5) is 4.39 Å². The van der Waals surface area contributed by atoms with E-state index < -0.39 is 0 Å². The van der Waals surface area contributed by atoms with E-state index in [-0.39, 0.29) is 5.82 Å². The van der Waals surface area contributed by atoms with Crippen molar-refractivity contribution in [2.75, 3.05) is 0 Å². The van der Waals surface area contributed by atoms with E-state index in [1.807, 2.05) is 12.1 Å². The van der Waals surface area contributed by atoms with Crippen LogP contribution in [0.2, 0.25) is 0 Å². The van der Waals surface area contributed by atoms with Crippen molar-refractivity contribution in [1.29, 1.82) is 0 Å². The first-order valence-electron chi connectivity index (χ1n) is 4.94. The second kappa shape index (κ2) is 3.13. The fourth-order valence-electron chi connectivity index (χ4n) is 2.08. The van der Waals surface area contributed by atoms with Crippen molar-refractivity contribution in [3.05, 3.63) is 35.6 Å². The second-order valence-electron chi connectivity index (χ2n) is 4.27. The first-order valence-corrected chi connectivity index (χ1v) is 4.94. The molecule has 1 aliphatic rings. The minimum atomic E-state index is -0.0318. The first-order chi connectivity index (χ1) is 6.20. The van der Waals surface area contributed by atoms with Gasteiger partial charge in [-0.2, -0.15) is 0 Å². The molecule has 0 unspecified atom stereocenters. The van der Waals surface area contributed by atoms with Gasteiger partial charge in [-0.1, -0.05) is 32.0 Å². The van der Waals surface area contributed by atoms with Crippen molar-refractivity contribution < 1.29 is 4.39 Å². The Bertz CT molecular complexity index is 304. The average Bonchev–Trinajstić information content (AvgIpc) is 2.84. The number of benzene rings is 1. The number of halogens is 1. The fraction of sp³-hybridized carbons (Fsp3) is 0.500. The molecule has 0 bridgehead atoms. The van der Waals surface area contributed by atoms with Gasteiger partial charge in [0.25, 0.3) is 0 Å². The number of hydrogen-bond acceptors (Lipinski definition) is 0. The van der Waals surface area contributed by atoms with Gasteiger partial charge in [0.2, 0.25) is 0 Å². The Morgan fingerprint density at radius 2 is 2.00 bits per heavy atom. The van der Waals surface area contributed by atoms with Crippen molar-refractivity contribution in [2.24, 2.45) is 11.8 Å². The van der Waals surface area contributed by atoms with Gasteiger partial charge in [0, 0.05) is 0 Å². The van der Waals surface area contributed by atoms with Gasteiger partial charge in [-0.05, 0) is 35.8 Å². The monoisotopic (exact) mass is 178 g/mol. The van der Waals surface area contributed by atoms with Crippen LogP contribution in [0.3, 0.4) is 0 Å². The molecule has 1 fully saturated rings.